The second-order valence-electron chi connectivity index (χ2n) is 5.26. The monoisotopic (exact) mass is 323 g/mol. The molecule has 1 amide bonds. The number of aromatic nitrogens is 2. The van der Waals surface area contributed by atoms with Crippen LogP contribution in [0.1, 0.15) is 21.7 Å². The van der Waals surface area contributed by atoms with Gasteiger partial charge in [-0.15, -0.1) is 0 Å². The van der Waals surface area contributed by atoms with Gasteiger partial charge in [-0.2, -0.15) is 0 Å². The lowest BCUT2D eigenvalue weighted by Gasteiger charge is -2.12. The van der Waals surface area contributed by atoms with Crippen LogP contribution < -0.4 is 15.2 Å². The molecule has 6 heteroatoms. The Morgan fingerprint density at radius 1 is 1.12 bits per heavy atom. The van der Waals surface area contributed by atoms with Gasteiger partial charge in [-0.3, -0.25) is 4.79 Å². The number of amides is 1. The summed E-state index contributed by atoms with van der Waals surface area (Å²) in [6.07, 6.45) is 0. The fourth-order valence-corrected chi connectivity index (χ4v) is 2.36. The van der Waals surface area contributed by atoms with Crippen molar-refractivity contribution in [1.29, 1.82) is 0 Å². The standard InChI is InChI=1S/C18H17N3O3/c1-11-16(21-15-6-4-3-5-14(15)20-11)10-24-17-9-12(23-2)7-8-13(17)18(19)22/h3-9H,10H2,1-2H3,(H2,19,22). The van der Waals surface area contributed by atoms with E-state index in [1.54, 1.807) is 25.3 Å². The Morgan fingerprint density at radius 2 is 1.83 bits per heavy atom. The molecule has 0 radical (unpaired) electrons. The summed E-state index contributed by atoms with van der Waals surface area (Å²) in [7, 11) is 1.54. The van der Waals surface area contributed by atoms with Crippen molar-refractivity contribution < 1.29 is 14.3 Å². The van der Waals surface area contributed by atoms with Gasteiger partial charge in [0, 0.05) is 6.07 Å². The summed E-state index contributed by atoms with van der Waals surface area (Å²) in [5.74, 6) is 0.376. The number of nitrogens with zero attached hydrogens (tertiary/aromatic N) is 2. The van der Waals surface area contributed by atoms with Crippen LogP contribution in [0.25, 0.3) is 11.0 Å². The van der Waals surface area contributed by atoms with Crippen molar-refractivity contribution in [3.63, 3.8) is 0 Å². The largest absolute Gasteiger partial charge is 0.497 e. The Kier molecular flexibility index (Phi) is 4.29. The van der Waals surface area contributed by atoms with Crippen LogP contribution >= 0.6 is 0 Å². The normalized spacial score (nSPS) is 10.6. The van der Waals surface area contributed by atoms with E-state index in [2.05, 4.69) is 9.97 Å². The molecule has 6 nitrogen and oxygen atoms in total. The van der Waals surface area contributed by atoms with Crippen LogP contribution in [0, 0.1) is 6.92 Å². The number of hydrogen-bond donors (Lipinski definition) is 1. The van der Waals surface area contributed by atoms with Crippen molar-refractivity contribution in [2.24, 2.45) is 5.73 Å². The summed E-state index contributed by atoms with van der Waals surface area (Å²) >= 11 is 0. The van der Waals surface area contributed by atoms with E-state index >= 15 is 0 Å². The molecule has 0 unspecified atom stereocenters. The van der Waals surface area contributed by atoms with Crippen molar-refractivity contribution in [3.8, 4) is 11.5 Å². The molecule has 2 aromatic carbocycles. The fraction of sp³-hybridized carbons (Fsp3) is 0.167. The average molecular weight is 323 g/mol. The summed E-state index contributed by atoms with van der Waals surface area (Å²) in [6.45, 7) is 2.05. The highest BCUT2D eigenvalue weighted by atomic mass is 16.5. The van der Waals surface area contributed by atoms with E-state index in [0.717, 1.165) is 16.7 Å². The number of rotatable bonds is 5. The number of primary amides is 1. The molecule has 122 valence electrons. The first kappa shape index (κ1) is 15.7. The minimum absolute atomic E-state index is 0.178. The van der Waals surface area contributed by atoms with Gasteiger partial charge < -0.3 is 15.2 Å². The molecule has 0 fully saturated rings. The van der Waals surface area contributed by atoms with Crippen LogP contribution in [-0.4, -0.2) is 23.0 Å². The molecule has 3 aromatic rings. The maximum Gasteiger partial charge on any atom is 0.252 e. The molecule has 0 aliphatic rings. The van der Waals surface area contributed by atoms with E-state index < -0.39 is 5.91 Å². The molecule has 24 heavy (non-hydrogen) atoms. The van der Waals surface area contributed by atoms with Gasteiger partial charge in [0.05, 0.1) is 35.1 Å². The zero-order valence-electron chi connectivity index (χ0n) is 13.4. The number of benzene rings is 2. The highest BCUT2D eigenvalue weighted by Gasteiger charge is 2.13. The number of nitrogens with two attached hydrogens (primary N) is 1. The van der Waals surface area contributed by atoms with E-state index in [0.29, 0.717) is 22.8 Å². The van der Waals surface area contributed by atoms with Gasteiger partial charge in [-0.1, -0.05) is 12.1 Å². The quantitative estimate of drug-likeness (QED) is 0.780. The van der Waals surface area contributed by atoms with E-state index in [4.69, 9.17) is 15.2 Å². The zero-order chi connectivity index (χ0) is 17.1. The van der Waals surface area contributed by atoms with Gasteiger partial charge in [0.25, 0.3) is 5.91 Å². The highest BCUT2D eigenvalue weighted by molar-refractivity contribution is 5.95. The molecule has 0 aliphatic carbocycles. The Balaban J connectivity index is 1.90. The number of hydrogen-bond acceptors (Lipinski definition) is 5. The summed E-state index contributed by atoms with van der Waals surface area (Å²) < 4.78 is 10.9. The third kappa shape index (κ3) is 3.12. The molecule has 0 bridgehead atoms. The van der Waals surface area contributed by atoms with Crippen LogP contribution in [0.5, 0.6) is 11.5 Å². The average Bonchev–Trinajstić information content (AvgIpc) is 2.59. The van der Waals surface area contributed by atoms with Crippen LogP contribution in [-0.2, 0) is 6.61 Å². The molecule has 3 rings (SSSR count). The number of ether oxygens (including phenoxy) is 2. The lowest BCUT2D eigenvalue weighted by Crippen LogP contribution is -2.13. The summed E-state index contributed by atoms with van der Waals surface area (Å²) in [5.41, 5.74) is 8.79. The third-order valence-corrected chi connectivity index (χ3v) is 3.66. The lowest BCUT2D eigenvalue weighted by molar-refractivity contribution is 0.0996. The van der Waals surface area contributed by atoms with Crippen molar-refractivity contribution >= 4 is 16.9 Å². The van der Waals surface area contributed by atoms with E-state index in [-0.39, 0.29) is 6.61 Å². The summed E-state index contributed by atoms with van der Waals surface area (Å²) in [5, 5.41) is 0. The van der Waals surface area contributed by atoms with Crippen LogP contribution in [0.3, 0.4) is 0 Å². The SMILES string of the molecule is COc1ccc(C(N)=O)c(OCc2nc3ccccc3nc2C)c1. The topological polar surface area (TPSA) is 87.3 Å². The Hall–Kier alpha value is -3.15. The van der Waals surface area contributed by atoms with E-state index in [1.807, 2.05) is 31.2 Å². The predicted molar refractivity (Wildman–Crippen MR) is 90.1 cm³/mol. The summed E-state index contributed by atoms with van der Waals surface area (Å²) in [6, 6.07) is 12.5. The minimum atomic E-state index is -0.561. The number of para-hydroxylation sites is 2. The second-order valence-corrected chi connectivity index (χ2v) is 5.26. The first-order chi connectivity index (χ1) is 11.6. The fourth-order valence-electron chi connectivity index (χ4n) is 2.36. The minimum Gasteiger partial charge on any atom is -0.497 e. The molecule has 0 atom stereocenters. The van der Waals surface area contributed by atoms with Gasteiger partial charge in [-0.25, -0.2) is 9.97 Å². The maximum absolute atomic E-state index is 11.5. The van der Waals surface area contributed by atoms with Gasteiger partial charge in [-0.05, 0) is 31.2 Å². The Morgan fingerprint density at radius 3 is 2.50 bits per heavy atom. The van der Waals surface area contributed by atoms with Crippen molar-refractivity contribution in [3.05, 3.63) is 59.4 Å². The van der Waals surface area contributed by atoms with Crippen LogP contribution in [0.2, 0.25) is 0 Å². The molecule has 0 aliphatic heterocycles. The van der Waals surface area contributed by atoms with Gasteiger partial charge in [0.1, 0.15) is 18.1 Å². The highest BCUT2D eigenvalue weighted by Crippen LogP contribution is 2.25. The number of fused-ring (bicyclic) bond motifs is 1. The van der Waals surface area contributed by atoms with Crippen molar-refractivity contribution in [2.45, 2.75) is 13.5 Å². The Bertz CT molecular complexity index is 909. The zero-order valence-corrected chi connectivity index (χ0v) is 13.4. The van der Waals surface area contributed by atoms with E-state index in [9.17, 15) is 4.79 Å². The lowest BCUT2D eigenvalue weighted by atomic mass is 10.2. The smallest absolute Gasteiger partial charge is 0.252 e. The second kappa shape index (κ2) is 6.54. The maximum atomic E-state index is 11.5. The molecular weight excluding hydrogens is 306 g/mol. The van der Waals surface area contributed by atoms with E-state index in [1.165, 1.54) is 0 Å². The molecule has 1 heterocycles. The number of carbonyl (C=O) groups is 1. The number of aryl methyl sites for hydroxylation is 1. The van der Waals surface area contributed by atoms with Crippen LogP contribution in [0.15, 0.2) is 42.5 Å². The van der Waals surface area contributed by atoms with Gasteiger partial charge in [0.15, 0.2) is 0 Å². The molecule has 2 N–H and O–H groups in total. The van der Waals surface area contributed by atoms with Crippen molar-refractivity contribution in [1.82, 2.24) is 9.97 Å². The first-order valence-corrected chi connectivity index (χ1v) is 7.41. The Labute approximate surface area is 139 Å². The molecule has 0 saturated heterocycles. The third-order valence-electron chi connectivity index (χ3n) is 3.66. The first-order valence-electron chi connectivity index (χ1n) is 7.41. The molecule has 0 saturated carbocycles. The van der Waals surface area contributed by atoms with Gasteiger partial charge in [0.2, 0.25) is 0 Å². The summed E-state index contributed by atoms with van der Waals surface area (Å²) in [4.78, 5) is 20.6. The number of carbonyl (C=O) groups excluding carboxylic acids is 1. The van der Waals surface area contributed by atoms with Gasteiger partial charge >= 0.3 is 0 Å². The predicted octanol–water partition coefficient (Wildman–Crippen LogP) is 2.62. The molecule has 1 aromatic heterocycles. The molecular formula is C18H17N3O3. The number of methoxy groups -OCH3 is 1. The van der Waals surface area contributed by atoms with Crippen LogP contribution in [0.4, 0.5) is 0 Å². The van der Waals surface area contributed by atoms with Crippen molar-refractivity contribution in [2.75, 3.05) is 7.11 Å². The molecule has 0 spiro atoms.